The first-order chi connectivity index (χ1) is 13.1. The highest BCUT2D eigenvalue weighted by Gasteiger charge is 2.63. The molecular formula is C19H16F4N2O3. The fourth-order valence-corrected chi connectivity index (χ4v) is 2.75. The van der Waals surface area contributed by atoms with E-state index in [9.17, 15) is 27.5 Å². The summed E-state index contributed by atoms with van der Waals surface area (Å²) in [5.74, 6) is -1.42. The Kier molecular flexibility index (Phi) is 5.12. The average molecular weight is 396 g/mol. The van der Waals surface area contributed by atoms with Gasteiger partial charge in [0.05, 0.1) is 12.1 Å². The Balaban J connectivity index is 1.86. The van der Waals surface area contributed by atoms with E-state index < -0.39 is 36.7 Å². The van der Waals surface area contributed by atoms with Crippen LogP contribution in [0.25, 0.3) is 0 Å². The first kappa shape index (κ1) is 19.8. The van der Waals surface area contributed by atoms with Crippen LogP contribution in [0.5, 0.6) is 5.75 Å². The Morgan fingerprint density at radius 1 is 1.21 bits per heavy atom. The largest absolute Gasteiger partial charge is 0.483 e. The molecule has 0 radical (unpaired) electrons. The zero-order chi connectivity index (χ0) is 20.5. The highest BCUT2D eigenvalue weighted by atomic mass is 19.4. The number of aryl methyl sites for hydroxylation is 1. The number of ether oxygens (including phenoxy) is 1. The predicted molar refractivity (Wildman–Crippen MR) is 92.1 cm³/mol. The van der Waals surface area contributed by atoms with Crippen molar-refractivity contribution >= 4 is 11.6 Å². The highest BCUT2D eigenvalue weighted by molar-refractivity contribution is 6.03. The molecule has 0 aliphatic carbocycles. The first-order valence-electron chi connectivity index (χ1n) is 8.26. The molecule has 0 saturated carbocycles. The lowest BCUT2D eigenvalue weighted by Crippen LogP contribution is -2.57. The molecule has 1 amide bonds. The molecule has 148 valence electrons. The van der Waals surface area contributed by atoms with Gasteiger partial charge < -0.3 is 9.84 Å². The van der Waals surface area contributed by atoms with Crippen LogP contribution in [0.3, 0.4) is 0 Å². The van der Waals surface area contributed by atoms with Crippen molar-refractivity contribution in [3.63, 3.8) is 0 Å². The van der Waals surface area contributed by atoms with Crippen molar-refractivity contribution in [1.82, 2.24) is 5.01 Å². The van der Waals surface area contributed by atoms with Gasteiger partial charge in [0.2, 0.25) is 0 Å². The van der Waals surface area contributed by atoms with Gasteiger partial charge in [-0.1, -0.05) is 30.3 Å². The normalized spacial score (nSPS) is 19.5. The second-order valence-electron chi connectivity index (χ2n) is 6.30. The summed E-state index contributed by atoms with van der Waals surface area (Å²) in [6.07, 6.45) is -6.13. The van der Waals surface area contributed by atoms with Crippen LogP contribution in [0.2, 0.25) is 0 Å². The number of rotatable bonds is 4. The molecule has 0 spiro atoms. The Hall–Kier alpha value is -2.94. The van der Waals surface area contributed by atoms with Crippen LogP contribution in [0, 0.1) is 12.7 Å². The van der Waals surface area contributed by atoms with E-state index in [1.54, 1.807) is 31.2 Å². The summed E-state index contributed by atoms with van der Waals surface area (Å²) in [6.45, 7) is 0.968. The van der Waals surface area contributed by atoms with E-state index in [2.05, 4.69) is 5.10 Å². The van der Waals surface area contributed by atoms with E-state index in [0.717, 1.165) is 12.1 Å². The third kappa shape index (κ3) is 3.70. The molecule has 0 saturated heterocycles. The minimum atomic E-state index is -5.16. The fraction of sp³-hybridized carbons (Fsp3) is 0.263. The maximum Gasteiger partial charge on any atom is 0.438 e. The summed E-state index contributed by atoms with van der Waals surface area (Å²) in [4.78, 5) is 12.4. The van der Waals surface area contributed by atoms with Gasteiger partial charge in [-0.2, -0.15) is 23.3 Å². The van der Waals surface area contributed by atoms with Crippen LogP contribution >= 0.6 is 0 Å². The van der Waals surface area contributed by atoms with Crippen molar-refractivity contribution in [2.75, 3.05) is 6.61 Å². The summed E-state index contributed by atoms with van der Waals surface area (Å²) < 4.78 is 58.9. The monoisotopic (exact) mass is 396 g/mol. The molecule has 2 aromatic carbocycles. The van der Waals surface area contributed by atoms with E-state index in [1.807, 2.05) is 0 Å². The van der Waals surface area contributed by atoms with Crippen molar-refractivity contribution in [3.8, 4) is 5.75 Å². The van der Waals surface area contributed by atoms with Crippen molar-refractivity contribution in [1.29, 1.82) is 0 Å². The van der Waals surface area contributed by atoms with E-state index in [-0.39, 0.29) is 16.3 Å². The third-order valence-corrected chi connectivity index (χ3v) is 4.30. The van der Waals surface area contributed by atoms with Gasteiger partial charge in [0.1, 0.15) is 11.6 Å². The molecule has 9 heteroatoms. The molecule has 0 aromatic heterocycles. The smallest absolute Gasteiger partial charge is 0.438 e. The molecule has 1 aliphatic heterocycles. The molecule has 3 rings (SSSR count). The quantitative estimate of drug-likeness (QED) is 0.806. The molecule has 5 nitrogen and oxygen atoms in total. The zero-order valence-electron chi connectivity index (χ0n) is 14.7. The van der Waals surface area contributed by atoms with Gasteiger partial charge in [-0.3, -0.25) is 4.79 Å². The maximum absolute atomic E-state index is 13.5. The predicted octanol–water partition coefficient (Wildman–Crippen LogP) is 3.40. The van der Waals surface area contributed by atoms with Crippen LogP contribution in [-0.4, -0.2) is 40.2 Å². The van der Waals surface area contributed by atoms with Gasteiger partial charge >= 0.3 is 6.18 Å². The minimum Gasteiger partial charge on any atom is -0.483 e. The van der Waals surface area contributed by atoms with Gasteiger partial charge in [0.15, 0.2) is 6.61 Å². The van der Waals surface area contributed by atoms with Crippen molar-refractivity contribution in [2.24, 2.45) is 5.10 Å². The number of amides is 1. The lowest BCUT2D eigenvalue weighted by atomic mass is 10.0. The number of alkyl halides is 3. The number of para-hydroxylation sites is 1. The van der Waals surface area contributed by atoms with Gasteiger partial charge in [-0.05, 0) is 36.2 Å². The topological polar surface area (TPSA) is 62.1 Å². The Labute approximate surface area is 157 Å². The second kappa shape index (κ2) is 7.23. The molecule has 1 atom stereocenters. The molecule has 0 unspecified atom stereocenters. The van der Waals surface area contributed by atoms with Crippen molar-refractivity contribution < 1.29 is 32.2 Å². The molecule has 1 aliphatic rings. The summed E-state index contributed by atoms with van der Waals surface area (Å²) in [6, 6.07) is 11.2. The molecule has 2 aromatic rings. The third-order valence-electron chi connectivity index (χ3n) is 4.30. The number of aliphatic hydroxyl groups is 1. The van der Waals surface area contributed by atoms with Gasteiger partial charge in [0, 0.05) is 0 Å². The second-order valence-corrected chi connectivity index (χ2v) is 6.30. The lowest BCUT2D eigenvalue weighted by molar-refractivity contribution is -0.302. The SMILES string of the molecule is Cc1ccccc1OCC(=O)N1N=C(c2ccc(F)cc2)C[C@@]1(O)C(F)(F)F. The number of hydrogen-bond donors (Lipinski definition) is 1. The van der Waals surface area contributed by atoms with E-state index in [4.69, 9.17) is 4.74 Å². The highest BCUT2D eigenvalue weighted by Crippen LogP contribution is 2.41. The molecule has 1 N–H and O–H groups in total. The number of carbonyl (C=O) groups is 1. The van der Waals surface area contributed by atoms with Crippen LogP contribution in [0.1, 0.15) is 17.5 Å². The van der Waals surface area contributed by atoms with Crippen molar-refractivity contribution in [2.45, 2.75) is 25.2 Å². The minimum absolute atomic E-state index is 0.00996. The van der Waals surface area contributed by atoms with Gasteiger partial charge in [-0.15, -0.1) is 0 Å². The number of hydrazone groups is 1. The summed E-state index contributed by atoms with van der Waals surface area (Å²) >= 11 is 0. The van der Waals surface area contributed by atoms with E-state index in [0.29, 0.717) is 11.3 Å². The van der Waals surface area contributed by atoms with Crippen LogP contribution in [0.4, 0.5) is 17.6 Å². The van der Waals surface area contributed by atoms with Crippen molar-refractivity contribution in [3.05, 3.63) is 65.5 Å². The van der Waals surface area contributed by atoms with E-state index in [1.165, 1.54) is 12.1 Å². The van der Waals surface area contributed by atoms with Gasteiger partial charge in [0.25, 0.3) is 11.6 Å². The maximum atomic E-state index is 13.5. The number of carbonyl (C=O) groups excluding carboxylic acids is 1. The summed E-state index contributed by atoms with van der Waals surface area (Å²) in [5.41, 5.74) is -2.84. The molecule has 1 heterocycles. The zero-order valence-corrected chi connectivity index (χ0v) is 14.7. The lowest BCUT2D eigenvalue weighted by Gasteiger charge is -2.32. The number of nitrogens with zero attached hydrogens (tertiary/aromatic N) is 2. The molecule has 0 bridgehead atoms. The standard InChI is InChI=1S/C19H16F4N2O3/c1-12-4-2-3-5-16(12)28-11-17(26)25-18(27,19(21,22)23)10-15(24-25)13-6-8-14(20)9-7-13/h2-9,27H,10-11H2,1H3/t18-/m1/s1. The number of hydrogen-bond acceptors (Lipinski definition) is 4. The first-order valence-corrected chi connectivity index (χ1v) is 8.26. The van der Waals surface area contributed by atoms with Crippen LogP contribution in [0.15, 0.2) is 53.6 Å². The molecule has 28 heavy (non-hydrogen) atoms. The average Bonchev–Trinajstić information content (AvgIpc) is 3.00. The summed E-state index contributed by atoms with van der Waals surface area (Å²) in [5, 5.41) is 13.9. The van der Waals surface area contributed by atoms with Crippen LogP contribution in [-0.2, 0) is 4.79 Å². The summed E-state index contributed by atoms with van der Waals surface area (Å²) in [7, 11) is 0. The molecular weight excluding hydrogens is 380 g/mol. The Bertz CT molecular complexity index is 912. The Morgan fingerprint density at radius 2 is 1.86 bits per heavy atom. The number of halogens is 4. The van der Waals surface area contributed by atoms with Gasteiger partial charge in [-0.25, -0.2) is 4.39 Å². The van der Waals surface area contributed by atoms with E-state index >= 15 is 0 Å². The van der Waals surface area contributed by atoms with Crippen LogP contribution < -0.4 is 4.74 Å². The molecule has 0 fully saturated rings. The fourth-order valence-electron chi connectivity index (χ4n) is 2.75. The Morgan fingerprint density at radius 3 is 2.46 bits per heavy atom. The number of benzene rings is 2.